The average molecular weight is 329 g/mol. The number of aromatic nitrogens is 2. The third kappa shape index (κ3) is 3.42. The highest BCUT2D eigenvalue weighted by molar-refractivity contribution is 5.82. The van der Waals surface area contributed by atoms with Crippen LogP contribution >= 0.6 is 0 Å². The largest absolute Gasteiger partial charge is 0.497 e. The fourth-order valence-electron chi connectivity index (χ4n) is 3.10. The maximum absolute atomic E-state index is 12.4. The van der Waals surface area contributed by atoms with Crippen LogP contribution in [0.1, 0.15) is 12.0 Å². The molecule has 1 amide bonds. The molecule has 0 radical (unpaired) electrons. The van der Waals surface area contributed by atoms with Gasteiger partial charge in [0.15, 0.2) is 0 Å². The minimum atomic E-state index is -0.156. The van der Waals surface area contributed by atoms with E-state index in [9.17, 15) is 4.79 Å². The molecule has 0 saturated carbocycles. The number of benzene rings is 1. The molecule has 2 aromatic rings. The summed E-state index contributed by atoms with van der Waals surface area (Å²) in [5.41, 5.74) is 8.76. The number of hydrogen-bond acceptors (Lipinski definition) is 5. The van der Waals surface area contributed by atoms with Crippen molar-refractivity contribution >= 4 is 5.91 Å². The molecule has 1 aliphatic heterocycles. The number of carbonyl (C=O) groups is 1. The van der Waals surface area contributed by atoms with E-state index in [-0.39, 0.29) is 18.0 Å². The Morgan fingerprint density at radius 1 is 1.46 bits per heavy atom. The second kappa shape index (κ2) is 7.02. The number of hydrogen-bond donors (Lipinski definition) is 3. The first-order chi connectivity index (χ1) is 11.6. The van der Waals surface area contributed by atoms with E-state index in [1.807, 2.05) is 36.2 Å². The van der Waals surface area contributed by atoms with Gasteiger partial charge in [-0.15, -0.1) is 0 Å². The Morgan fingerprint density at radius 2 is 2.21 bits per heavy atom. The first-order valence-electron chi connectivity index (χ1n) is 7.98. The van der Waals surface area contributed by atoms with Gasteiger partial charge in [0.25, 0.3) is 0 Å². The second-order valence-electron chi connectivity index (χ2n) is 6.17. The SMILES string of the molecule is COc1ccc(-c2[nH]ncc2CNC(=O)[C@@H]2C[C@H](N)CN2C)cc1. The van der Waals surface area contributed by atoms with E-state index in [2.05, 4.69) is 15.5 Å². The quantitative estimate of drug-likeness (QED) is 0.752. The van der Waals surface area contributed by atoms with E-state index < -0.39 is 0 Å². The Kier molecular flexibility index (Phi) is 4.82. The highest BCUT2D eigenvalue weighted by Crippen LogP contribution is 2.23. The molecule has 3 rings (SSSR count). The zero-order valence-electron chi connectivity index (χ0n) is 14.0. The van der Waals surface area contributed by atoms with E-state index in [1.165, 1.54) is 0 Å². The molecular weight excluding hydrogens is 306 g/mol. The Morgan fingerprint density at radius 3 is 2.83 bits per heavy atom. The summed E-state index contributed by atoms with van der Waals surface area (Å²) in [4.78, 5) is 14.4. The number of H-pyrrole nitrogens is 1. The number of rotatable bonds is 5. The van der Waals surface area contributed by atoms with Crippen LogP contribution in [-0.2, 0) is 11.3 Å². The van der Waals surface area contributed by atoms with E-state index in [0.29, 0.717) is 13.0 Å². The van der Waals surface area contributed by atoms with Crippen LogP contribution in [0.15, 0.2) is 30.5 Å². The highest BCUT2D eigenvalue weighted by atomic mass is 16.5. The number of nitrogens with one attached hydrogen (secondary N) is 2. The van der Waals surface area contributed by atoms with Gasteiger partial charge < -0.3 is 15.8 Å². The average Bonchev–Trinajstić information content (AvgIpc) is 3.18. The minimum Gasteiger partial charge on any atom is -0.497 e. The van der Waals surface area contributed by atoms with Gasteiger partial charge in [-0.05, 0) is 37.7 Å². The van der Waals surface area contributed by atoms with Crippen molar-refractivity contribution in [3.8, 4) is 17.0 Å². The zero-order chi connectivity index (χ0) is 17.1. The summed E-state index contributed by atoms with van der Waals surface area (Å²) in [6.45, 7) is 1.18. The molecule has 7 nitrogen and oxygen atoms in total. The second-order valence-corrected chi connectivity index (χ2v) is 6.17. The molecule has 0 aliphatic carbocycles. The molecule has 1 aromatic heterocycles. The molecule has 1 aliphatic rings. The van der Waals surface area contributed by atoms with E-state index in [0.717, 1.165) is 29.1 Å². The predicted molar refractivity (Wildman–Crippen MR) is 91.4 cm³/mol. The molecule has 4 N–H and O–H groups in total. The number of aromatic amines is 1. The third-order valence-corrected chi connectivity index (χ3v) is 4.43. The van der Waals surface area contributed by atoms with Crippen molar-refractivity contribution < 1.29 is 9.53 Å². The molecule has 2 atom stereocenters. The van der Waals surface area contributed by atoms with Crippen molar-refractivity contribution in [2.75, 3.05) is 20.7 Å². The fraction of sp³-hybridized carbons (Fsp3) is 0.412. The van der Waals surface area contributed by atoms with Gasteiger partial charge >= 0.3 is 0 Å². The standard InChI is InChI=1S/C17H23N5O2/c1-22-10-13(18)7-15(22)17(23)19-8-12-9-20-21-16(12)11-3-5-14(24-2)6-4-11/h3-6,9,13,15H,7-8,10,18H2,1-2H3,(H,19,23)(H,20,21)/t13-,15-/m0/s1. The number of ether oxygens (including phenoxy) is 1. The van der Waals surface area contributed by atoms with Gasteiger partial charge in [-0.2, -0.15) is 5.10 Å². The molecule has 1 aromatic carbocycles. The first-order valence-corrected chi connectivity index (χ1v) is 7.98. The highest BCUT2D eigenvalue weighted by Gasteiger charge is 2.32. The molecule has 0 unspecified atom stereocenters. The van der Waals surface area contributed by atoms with Crippen LogP contribution in [0.25, 0.3) is 11.3 Å². The number of amides is 1. The number of carbonyl (C=O) groups excluding carboxylic acids is 1. The van der Waals surface area contributed by atoms with Crippen molar-refractivity contribution in [2.24, 2.45) is 5.73 Å². The Labute approximate surface area is 141 Å². The maximum Gasteiger partial charge on any atom is 0.237 e. The first kappa shape index (κ1) is 16.5. The van der Waals surface area contributed by atoms with Gasteiger partial charge in [-0.25, -0.2) is 0 Å². The van der Waals surface area contributed by atoms with Crippen LogP contribution in [0.3, 0.4) is 0 Å². The summed E-state index contributed by atoms with van der Waals surface area (Å²) < 4.78 is 5.17. The lowest BCUT2D eigenvalue weighted by molar-refractivity contribution is -0.125. The molecule has 2 heterocycles. The summed E-state index contributed by atoms with van der Waals surface area (Å²) in [6.07, 6.45) is 2.43. The lowest BCUT2D eigenvalue weighted by atomic mass is 10.1. The van der Waals surface area contributed by atoms with Crippen LogP contribution < -0.4 is 15.8 Å². The van der Waals surface area contributed by atoms with Gasteiger partial charge in [-0.3, -0.25) is 14.8 Å². The van der Waals surface area contributed by atoms with Crippen molar-refractivity contribution in [2.45, 2.75) is 25.0 Å². The van der Waals surface area contributed by atoms with Crippen molar-refractivity contribution in [3.63, 3.8) is 0 Å². The van der Waals surface area contributed by atoms with Gasteiger partial charge in [0.2, 0.25) is 5.91 Å². The number of likely N-dealkylation sites (N-methyl/N-ethyl adjacent to an activating group) is 1. The van der Waals surface area contributed by atoms with Crippen LogP contribution in [-0.4, -0.2) is 53.8 Å². The molecule has 0 bridgehead atoms. The minimum absolute atomic E-state index is 0.00679. The Balaban J connectivity index is 1.66. The number of nitrogens with two attached hydrogens (primary N) is 1. The monoisotopic (exact) mass is 329 g/mol. The molecule has 1 fully saturated rings. The van der Waals surface area contributed by atoms with Crippen LogP contribution in [0.2, 0.25) is 0 Å². The summed E-state index contributed by atoms with van der Waals surface area (Å²) >= 11 is 0. The fourth-order valence-corrected chi connectivity index (χ4v) is 3.10. The van der Waals surface area contributed by atoms with Gasteiger partial charge in [0, 0.05) is 30.3 Å². The maximum atomic E-state index is 12.4. The van der Waals surface area contributed by atoms with Crippen molar-refractivity contribution in [1.29, 1.82) is 0 Å². The predicted octanol–water partition coefficient (Wildman–Crippen LogP) is 0.733. The molecule has 0 spiro atoms. The molecule has 7 heteroatoms. The molecule has 128 valence electrons. The Bertz CT molecular complexity index is 697. The summed E-state index contributed by atoms with van der Waals surface area (Å²) in [6, 6.07) is 7.62. The number of methoxy groups -OCH3 is 1. The molecular formula is C17H23N5O2. The van der Waals surface area contributed by atoms with E-state index >= 15 is 0 Å². The van der Waals surface area contributed by atoms with Crippen LogP contribution in [0.5, 0.6) is 5.75 Å². The van der Waals surface area contributed by atoms with Crippen molar-refractivity contribution in [1.82, 2.24) is 20.4 Å². The van der Waals surface area contributed by atoms with Gasteiger partial charge in [-0.1, -0.05) is 0 Å². The molecule has 1 saturated heterocycles. The van der Waals surface area contributed by atoms with E-state index in [1.54, 1.807) is 13.3 Å². The number of likely N-dealkylation sites (tertiary alicyclic amines) is 1. The summed E-state index contributed by atoms with van der Waals surface area (Å²) in [5.74, 6) is 0.807. The Hall–Kier alpha value is -2.38. The smallest absolute Gasteiger partial charge is 0.237 e. The van der Waals surface area contributed by atoms with Crippen molar-refractivity contribution in [3.05, 3.63) is 36.0 Å². The lowest BCUT2D eigenvalue weighted by Gasteiger charge is -2.18. The summed E-state index contributed by atoms with van der Waals surface area (Å²) in [5, 5.41) is 10.1. The van der Waals surface area contributed by atoms with Gasteiger partial charge in [0.1, 0.15) is 5.75 Å². The molecule has 24 heavy (non-hydrogen) atoms. The normalized spacial score (nSPS) is 21.0. The lowest BCUT2D eigenvalue weighted by Crippen LogP contribution is -2.41. The van der Waals surface area contributed by atoms with Crippen LogP contribution in [0.4, 0.5) is 0 Å². The van der Waals surface area contributed by atoms with E-state index in [4.69, 9.17) is 10.5 Å². The van der Waals surface area contributed by atoms with Gasteiger partial charge in [0.05, 0.1) is 25.0 Å². The third-order valence-electron chi connectivity index (χ3n) is 4.43. The van der Waals surface area contributed by atoms with Crippen LogP contribution in [0, 0.1) is 0 Å². The number of nitrogens with zero attached hydrogens (tertiary/aromatic N) is 2. The zero-order valence-corrected chi connectivity index (χ0v) is 14.0. The topological polar surface area (TPSA) is 96.3 Å². The summed E-state index contributed by atoms with van der Waals surface area (Å²) in [7, 11) is 3.57.